The van der Waals surface area contributed by atoms with E-state index in [-0.39, 0.29) is 23.7 Å². The van der Waals surface area contributed by atoms with Gasteiger partial charge in [0.25, 0.3) is 5.91 Å². The van der Waals surface area contributed by atoms with Gasteiger partial charge in [-0.2, -0.15) is 0 Å². The zero-order valence-electron chi connectivity index (χ0n) is 17.8. The third-order valence-electron chi connectivity index (χ3n) is 4.91. The maximum absolute atomic E-state index is 13.4. The number of allylic oxidation sites excluding steroid dienone is 1. The molecule has 1 amide bonds. The average molecular weight is 407 g/mol. The van der Waals surface area contributed by atoms with Crippen LogP contribution in [0, 0.1) is 6.92 Å². The van der Waals surface area contributed by atoms with Crippen LogP contribution >= 0.6 is 0 Å². The van der Waals surface area contributed by atoms with Gasteiger partial charge in [0.2, 0.25) is 0 Å². The lowest BCUT2D eigenvalue weighted by molar-refractivity contribution is -0.138. The summed E-state index contributed by atoms with van der Waals surface area (Å²) < 4.78 is 15.9. The van der Waals surface area contributed by atoms with E-state index in [0.29, 0.717) is 28.4 Å². The molecular formula is C24H25NO5. The Hall–Kier alpha value is -3.54. The van der Waals surface area contributed by atoms with Gasteiger partial charge in [0.1, 0.15) is 11.5 Å². The van der Waals surface area contributed by atoms with E-state index in [1.807, 2.05) is 31.2 Å². The molecule has 0 bridgehead atoms. The van der Waals surface area contributed by atoms with E-state index >= 15 is 0 Å². The van der Waals surface area contributed by atoms with Gasteiger partial charge in [0.05, 0.1) is 32.0 Å². The van der Waals surface area contributed by atoms with Crippen LogP contribution in [0.5, 0.6) is 11.5 Å². The second-order valence-corrected chi connectivity index (χ2v) is 6.82. The fourth-order valence-electron chi connectivity index (χ4n) is 3.38. The first kappa shape index (κ1) is 21.2. The number of hydrogen-bond donors (Lipinski definition) is 0. The van der Waals surface area contributed by atoms with Crippen molar-refractivity contribution < 1.29 is 23.8 Å². The van der Waals surface area contributed by atoms with Crippen molar-refractivity contribution in [2.45, 2.75) is 20.8 Å². The molecule has 2 aromatic carbocycles. The molecule has 156 valence electrons. The van der Waals surface area contributed by atoms with Gasteiger partial charge in [-0.25, -0.2) is 4.79 Å². The summed E-state index contributed by atoms with van der Waals surface area (Å²) in [6.45, 7) is 5.67. The Bertz CT molecular complexity index is 1030. The first-order valence-corrected chi connectivity index (χ1v) is 9.64. The Morgan fingerprint density at radius 3 is 2.33 bits per heavy atom. The molecule has 0 saturated carbocycles. The van der Waals surface area contributed by atoms with Gasteiger partial charge in [-0.3, -0.25) is 9.69 Å². The quantitative estimate of drug-likeness (QED) is 0.528. The molecule has 0 fully saturated rings. The standard InChI is InChI=1S/C24H25NO5/c1-6-30-24(27)22-16(3)25(18-10-7-15(2)8-11-18)23(26)20(22)13-17-9-12-19(28-4)14-21(17)29-5/h7-14H,6H2,1-5H3/b20-13-. The first-order valence-electron chi connectivity index (χ1n) is 9.64. The summed E-state index contributed by atoms with van der Waals surface area (Å²) in [4.78, 5) is 27.7. The molecule has 0 saturated heterocycles. The SMILES string of the molecule is CCOC(=O)C1=C(C)N(c2ccc(C)cc2)C(=O)/C1=C\c1ccc(OC)cc1OC. The summed E-state index contributed by atoms with van der Waals surface area (Å²) in [7, 11) is 3.11. The highest BCUT2D eigenvalue weighted by Gasteiger charge is 2.38. The molecule has 0 radical (unpaired) electrons. The molecule has 6 nitrogen and oxygen atoms in total. The van der Waals surface area contributed by atoms with Crippen LogP contribution in [0.1, 0.15) is 25.0 Å². The maximum atomic E-state index is 13.4. The average Bonchev–Trinajstić information content (AvgIpc) is 2.99. The van der Waals surface area contributed by atoms with Crippen LogP contribution in [0.3, 0.4) is 0 Å². The highest BCUT2D eigenvalue weighted by molar-refractivity contribution is 6.24. The Morgan fingerprint density at radius 2 is 1.73 bits per heavy atom. The first-order chi connectivity index (χ1) is 14.4. The molecule has 0 aliphatic carbocycles. The Morgan fingerprint density at radius 1 is 1.03 bits per heavy atom. The van der Waals surface area contributed by atoms with E-state index in [9.17, 15) is 9.59 Å². The van der Waals surface area contributed by atoms with Crippen molar-refractivity contribution >= 4 is 23.6 Å². The van der Waals surface area contributed by atoms with Crippen LogP contribution in [0.2, 0.25) is 0 Å². The molecule has 0 unspecified atom stereocenters. The summed E-state index contributed by atoms with van der Waals surface area (Å²) in [5.41, 5.74) is 3.46. The minimum Gasteiger partial charge on any atom is -0.497 e. The van der Waals surface area contributed by atoms with Gasteiger partial charge < -0.3 is 14.2 Å². The largest absolute Gasteiger partial charge is 0.497 e. The van der Waals surface area contributed by atoms with Gasteiger partial charge in [0, 0.05) is 23.0 Å². The Labute approximate surface area is 176 Å². The van der Waals surface area contributed by atoms with Crippen molar-refractivity contribution in [1.82, 2.24) is 0 Å². The number of rotatable bonds is 6. The molecular weight excluding hydrogens is 382 g/mol. The normalized spacial score (nSPS) is 15.0. The predicted molar refractivity (Wildman–Crippen MR) is 116 cm³/mol. The summed E-state index contributed by atoms with van der Waals surface area (Å²) in [5, 5.41) is 0. The van der Waals surface area contributed by atoms with E-state index in [0.717, 1.165) is 5.56 Å². The molecule has 1 aliphatic heterocycles. The zero-order valence-corrected chi connectivity index (χ0v) is 17.8. The number of ether oxygens (including phenoxy) is 3. The van der Waals surface area contributed by atoms with Crippen LogP contribution < -0.4 is 14.4 Å². The van der Waals surface area contributed by atoms with Crippen molar-refractivity contribution in [3.8, 4) is 11.5 Å². The molecule has 0 N–H and O–H groups in total. The summed E-state index contributed by atoms with van der Waals surface area (Å²) >= 11 is 0. The van der Waals surface area contributed by atoms with Gasteiger partial charge in [-0.15, -0.1) is 0 Å². The lowest BCUT2D eigenvalue weighted by Gasteiger charge is -2.18. The van der Waals surface area contributed by atoms with Crippen LogP contribution in [-0.4, -0.2) is 32.7 Å². The van der Waals surface area contributed by atoms with Crippen molar-refractivity contribution in [3.05, 3.63) is 70.4 Å². The zero-order chi connectivity index (χ0) is 21.8. The topological polar surface area (TPSA) is 65.1 Å². The number of aryl methyl sites for hydroxylation is 1. The highest BCUT2D eigenvalue weighted by atomic mass is 16.5. The van der Waals surface area contributed by atoms with Gasteiger partial charge in [-0.05, 0) is 51.1 Å². The van der Waals surface area contributed by atoms with E-state index in [2.05, 4.69) is 0 Å². The number of benzene rings is 2. The lowest BCUT2D eigenvalue weighted by Crippen LogP contribution is -2.24. The fraction of sp³-hybridized carbons (Fsp3) is 0.250. The second-order valence-electron chi connectivity index (χ2n) is 6.82. The molecule has 3 rings (SSSR count). The Balaban J connectivity index is 2.15. The molecule has 0 atom stereocenters. The Kier molecular flexibility index (Phi) is 6.26. The molecule has 2 aromatic rings. The van der Waals surface area contributed by atoms with Crippen molar-refractivity contribution in [3.63, 3.8) is 0 Å². The number of hydrogen-bond acceptors (Lipinski definition) is 5. The van der Waals surface area contributed by atoms with E-state index in [4.69, 9.17) is 14.2 Å². The summed E-state index contributed by atoms with van der Waals surface area (Å²) in [6, 6.07) is 12.8. The number of nitrogens with zero attached hydrogens (tertiary/aromatic N) is 1. The van der Waals surface area contributed by atoms with E-state index in [1.165, 1.54) is 4.90 Å². The third-order valence-corrected chi connectivity index (χ3v) is 4.91. The summed E-state index contributed by atoms with van der Waals surface area (Å²) in [6.07, 6.45) is 1.66. The van der Waals surface area contributed by atoms with E-state index < -0.39 is 5.97 Å². The highest BCUT2D eigenvalue weighted by Crippen LogP contribution is 2.37. The number of carbonyl (C=O) groups excluding carboxylic acids is 2. The van der Waals surface area contributed by atoms with Gasteiger partial charge in [0.15, 0.2) is 0 Å². The molecule has 1 aliphatic rings. The van der Waals surface area contributed by atoms with Crippen molar-refractivity contribution in [2.75, 3.05) is 25.7 Å². The smallest absolute Gasteiger partial charge is 0.340 e. The fourth-order valence-corrected chi connectivity index (χ4v) is 3.38. The molecule has 1 heterocycles. The van der Waals surface area contributed by atoms with Crippen molar-refractivity contribution in [2.24, 2.45) is 0 Å². The van der Waals surface area contributed by atoms with Gasteiger partial charge in [-0.1, -0.05) is 17.7 Å². The molecule has 0 spiro atoms. The number of carbonyl (C=O) groups is 2. The predicted octanol–water partition coefficient (Wildman–Crippen LogP) is 4.28. The number of amides is 1. The number of anilines is 1. The van der Waals surface area contributed by atoms with Crippen LogP contribution in [0.4, 0.5) is 5.69 Å². The summed E-state index contributed by atoms with van der Waals surface area (Å²) in [5.74, 6) is 0.337. The van der Waals surface area contributed by atoms with Crippen molar-refractivity contribution in [1.29, 1.82) is 0 Å². The molecule has 30 heavy (non-hydrogen) atoms. The minimum absolute atomic E-state index is 0.216. The lowest BCUT2D eigenvalue weighted by atomic mass is 10.0. The third kappa shape index (κ3) is 3.94. The van der Waals surface area contributed by atoms with Crippen LogP contribution in [0.15, 0.2) is 59.3 Å². The monoisotopic (exact) mass is 407 g/mol. The van der Waals surface area contributed by atoms with E-state index in [1.54, 1.807) is 52.3 Å². The number of methoxy groups -OCH3 is 2. The maximum Gasteiger partial charge on any atom is 0.340 e. The van der Waals surface area contributed by atoms with Crippen LogP contribution in [0.25, 0.3) is 6.08 Å². The number of esters is 1. The second kappa shape index (κ2) is 8.86. The molecule has 0 aromatic heterocycles. The molecule has 6 heteroatoms. The van der Waals surface area contributed by atoms with Gasteiger partial charge >= 0.3 is 5.97 Å². The minimum atomic E-state index is -0.531. The van der Waals surface area contributed by atoms with Crippen LogP contribution in [-0.2, 0) is 14.3 Å².